The number of amides is 1. The highest BCUT2D eigenvalue weighted by Gasteiger charge is 2.25. The van der Waals surface area contributed by atoms with Gasteiger partial charge in [-0.05, 0) is 44.7 Å². The van der Waals surface area contributed by atoms with Crippen molar-refractivity contribution in [1.82, 2.24) is 14.9 Å². The molecule has 2 atom stereocenters. The minimum atomic E-state index is -0.0723. The van der Waals surface area contributed by atoms with Crippen molar-refractivity contribution >= 4 is 28.8 Å². The van der Waals surface area contributed by atoms with E-state index in [2.05, 4.69) is 9.88 Å². The number of carbonyl (C=O) groups is 1. The van der Waals surface area contributed by atoms with Crippen LogP contribution in [0.4, 0.5) is 0 Å². The Kier molecular flexibility index (Phi) is 6.83. The van der Waals surface area contributed by atoms with E-state index in [-0.39, 0.29) is 18.1 Å². The number of halogens is 1. The van der Waals surface area contributed by atoms with E-state index in [9.17, 15) is 4.79 Å². The predicted molar refractivity (Wildman–Crippen MR) is 131 cm³/mol. The average molecular weight is 486 g/mol. The number of nitrogens with one attached hydrogen (secondary N) is 1. The summed E-state index contributed by atoms with van der Waals surface area (Å²) in [6.07, 6.45) is 4.41. The molecule has 174 valence electrons. The van der Waals surface area contributed by atoms with Gasteiger partial charge in [-0.1, -0.05) is 29.8 Å². The highest BCUT2D eigenvalue weighted by Crippen LogP contribution is 2.35. The van der Waals surface area contributed by atoms with Crippen LogP contribution in [0.15, 0.2) is 35.7 Å². The summed E-state index contributed by atoms with van der Waals surface area (Å²) in [5.41, 5.74) is 4.29. The third-order valence-electron chi connectivity index (χ3n) is 6.41. The van der Waals surface area contributed by atoms with Crippen LogP contribution in [0.5, 0.6) is 0 Å². The maximum Gasteiger partial charge on any atom is 0.253 e. The molecular formula is C25H28ClN3O3S. The molecule has 0 aliphatic carbocycles. The van der Waals surface area contributed by atoms with Gasteiger partial charge in [-0.25, -0.2) is 4.98 Å². The molecule has 0 spiro atoms. The fourth-order valence-electron chi connectivity index (χ4n) is 4.57. The lowest BCUT2D eigenvalue weighted by Gasteiger charge is -2.16. The lowest BCUT2D eigenvalue weighted by molar-refractivity contribution is 0.0855. The van der Waals surface area contributed by atoms with Crippen LogP contribution in [0.3, 0.4) is 0 Å². The maximum atomic E-state index is 13.1. The standard InChI is InChI=1S/C25H28ClN3O3S/c1-16-20(24(30)27-13-17-6-4-10-31-17)12-23(29(16)14-18-7-5-11-32-18)22-15-33-25(28-22)19-8-2-3-9-21(19)26/h2-3,8-9,12,15,17-18H,4-7,10-11,13-14H2,1H3,(H,27,30). The van der Waals surface area contributed by atoms with Gasteiger partial charge in [0.25, 0.3) is 5.91 Å². The van der Waals surface area contributed by atoms with Crippen molar-refractivity contribution in [3.63, 3.8) is 0 Å². The van der Waals surface area contributed by atoms with Crippen LogP contribution in [0.1, 0.15) is 41.7 Å². The third-order valence-corrected chi connectivity index (χ3v) is 7.61. The molecule has 0 radical (unpaired) electrons. The zero-order chi connectivity index (χ0) is 22.8. The first-order valence-electron chi connectivity index (χ1n) is 11.5. The van der Waals surface area contributed by atoms with Crippen molar-refractivity contribution in [3.8, 4) is 22.0 Å². The molecule has 5 rings (SSSR count). The molecule has 2 aliphatic heterocycles. The van der Waals surface area contributed by atoms with Crippen LogP contribution in [-0.4, -0.2) is 47.4 Å². The Morgan fingerprint density at radius 3 is 2.70 bits per heavy atom. The minimum absolute atomic E-state index is 0.0723. The second-order valence-corrected chi connectivity index (χ2v) is 9.90. The summed E-state index contributed by atoms with van der Waals surface area (Å²) in [5, 5.41) is 6.64. The van der Waals surface area contributed by atoms with E-state index in [1.54, 1.807) is 11.3 Å². The highest BCUT2D eigenvalue weighted by atomic mass is 35.5. The molecule has 2 aliphatic rings. The zero-order valence-corrected chi connectivity index (χ0v) is 20.3. The molecule has 1 amide bonds. The molecule has 2 fully saturated rings. The van der Waals surface area contributed by atoms with Crippen LogP contribution >= 0.6 is 22.9 Å². The monoisotopic (exact) mass is 485 g/mol. The molecule has 1 N–H and O–H groups in total. The normalized spacial score (nSPS) is 20.4. The molecule has 2 unspecified atom stereocenters. The number of hydrogen-bond donors (Lipinski definition) is 1. The lowest BCUT2D eigenvalue weighted by atomic mass is 10.2. The van der Waals surface area contributed by atoms with Crippen molar-refractivity contribution in [2.45, 2.75) is 51.4 Å². The summed E-state index contributed by atoms with van der Waals surface area (Å²) in [5.74, 6) is -0.0723. The molecule has 1 aromatic carbocycles. The molecule has 33 heavy (non-hydrogen) atoms. The molecule has 2 saturated heterocycles. The van der Waals surface area contributed by atoms with Gasteiger partial charge in [0.05, 0.1) is 34.2 Å². The first-order valence-corrected chi connectivity index (χ1v) is 12.8. The average Bonchev–Trinajstić information content (AvgIpc) is 3.62. The highest BCUT2D eigenvalue weighted by molar-refractivity contribution is 7.13. The van der Waals surface area contributed by atoms with Gasteiger partial charge in [0, 0.05) is 42.9 Å². The number of hydrogen-bond acceptors (Lipinski definition) is 5. The van der Waals surface area contributed by atoms with Crippen molar-refractivity contribution < 1.29 is 14.3 Å². The van der Waals surface area contributed by atoms with E-state index < -0.39 is 0 Å². The largest absolute Gasteiger partial charge is 0.376 e. The summed E-state index contributed by atoms with van der Waals surface area (Å²) in [6, 6.07) is 9.69. The topological polar surface area (TPSA) is 65.4 Å². The van der Waals surface area contributed by atoms with Crippen molar-refractivity contribution in [2.24, 2.45) is 0 Å². The third kappa shape index (κ3) is 4.87. The van der Waals surface area contributed by atoms with Gasteiger partial charge >= 0.3 is 0 Å². The van der Waals surface area contributed by atoms with Crippen LogP contribution < -0.4 is 5.32 Å². The van der Waals surface area contributed by atoms with Gasteiger partial charge in [-0.15, -0.1) is 11.3 Å². The molecule has 6 nitrogen and oxygen atoms in total. The zero-order valence-electron chi connectivity index (χ0n) is 18.7. The lowest BCUT2D eigenvalue weighted by Crippen LogP contribution is -2.32. The molecule has 0 bridgehead atoms. The predicted octanol–water partition coefficient (Wildman–Crippen LogP) is 5.33. The number of carbonyl (C=O) groups excluding carboxylic acids is 1. The molecule has 4 heterocycles. The number of thiazole rings is 1. The van der Waals surface area contributed by atoms with Crippen LogP contribution in [0.2, 0.25) is 5.02 Å². The Morgan fingerprint density at radius 1 is 1.21 bits per heavy atom. The summed E-state index contributed by atoms with van der Waals surface area (Å²) in [7, 11) is 0. The number of rotatable bonds is 7. The van der Waals surface area contributed by atoms with Crippen LogP contribution in [0.25, 0.3) is 22.0 Å². The molecular weight excluding hydrogens is 458 g/mol. The number of ether oxygens (including phenoxy) is 2. The van der Waals surface area contributed by atoms with Gasteiger partial charge in [-0.2, -0.15) is 0 Å². The Balaban J connectivity index is 1.45. The Hall–Kier alpha value is -2.19. The molecule has 2 aromatic heterocycles. The summed E-state index contributed by atoms with van der Waals surface area (Å²) < 4.78 is 13.7. The van der Waals surface area contributed by atoms with E-state index >= 15 is 0 Å². The summed E-state index contributed by atoms with van der Waals surface area (Å²) in [6.45, 7) is 4.82. The number of nitrogens with zero attached hydrogens (tertiary/aromatic N) is 2. The SMILES string of the molecule is Cc1c(C(=O)NCC2CCCO2)cc(-c2csc(-c3ccccc3Cl)n2)n1CC1CCCO1. The van der Waals surface area contributed by atoms with Crippen LogP contribution in [0, 0.1) is 6.92 Å². The van der Waals surface area contributed by atoms with E-state index in [1.165, 1.54) is 0 Å². The summed E-state index contributed by atoms with van der Waals surface area (Å²) >= 11 is 7.96. The molecule has 0 saturated carbocycles. The first-order chi connectivity index (χ1) is 16.1. The quantitative estimate of drug-likeness (QED) is 0.491. The van der Waals surface area contributed by atoms with Gasteiger partial charge in [0.15, 0.2) is 0 Å². The number of benzene rings is 1. The first kappa shape index (κ1) is 22.6. The smallest absolute Gasteiger partial charge is 0.253 e. The molecule has 8 heteroatoms. The van der Waals surface area contributed by atoms with Gasteiger partial charge < -0.3 is 19.4 Å². The van der Waals surface area contributed by atoms with Crippen LogP contribution in [-0.2, 0) is 16.0 Å². The van der Waals surface area contributed by atoms with Crippen molar-refractivity contribution in [1.29, 1.82) is 0 Å². The van der Waals surface area contributed by atoms with Gasteiger partial charge in [0.2, 0.25) is 0 Å². The Labute approximate surface area is 202 Å². The summed E-state index contributed by atoms with van der Waals surface area (Å²) in [4.78, 5) is 18.0. The second kappa shape index (κ2) is 9.97. The number of aromatic nitrogens is 2. The van der Waals surface area contributed by atoms with E-state index in [0.29, 0.717) is 23.7 Å². The fourth-order valence-corrected chi connectivity index (χ4v) is 5.71. The van der Waals surface area contributed by atoms with E-state index in [4.69, 9.17) is 26.1 Å². The van der Waals surface area contributed by atoms with Crippen molar-refractivity contribution in [3.05, 3.63) is 52.0 Å². The second-order valence-electron chi connectivity index (χ2n) is 8.64. The van der Waals surface area contributed by atoms with E-state index in [1.807, 2.05) is 42.6 Å². The maximum absolute atomic E-state index is 13.1. The Morgan fingerprint density at radius 2 is 1.97 bits per heavy atom. The van der Waals surface area contributed by atoms with Gasteiger partial charge in [0.1, 0.15) is 5.01 Å². The Bertz CT molecular complexity index is 1130. The fraction of sp³-hybridized carbons (Fsp3) is 0.440. The minimum Gasteiger partial charge on any atom is -0.376 e. The van der Waals surface area contributed by atoms with E-state index in [0.717, 1.165) is 66.5 Å². The molecule has 3 aromatic rings. The van der Waals surface area contributed by atoms with Gasteiger partial charge in [-0.3, -0.25) is 4.79 Å². The van der Waals surface area contributed by atoms with Crippen molar-refractivity contribution in [2.75, 3.05) is 19.8 Å².